The van der Waals surface area contributed by atoms with Crippen molar-refractivity contribution < 1.29 is 13.9 Å². The topological polar surface area (TPSA) is 39.4 Å². The van der Waals surface area contributed by atoms with Crippen molar-refractivity contribution in [2.75, 3.05) is 6.61 Å². The first-order valence-corrected chi connectivity index (χ1v) is 4.41. The van der Waals surface area contributed by atoms with Crippen molar-refractivity contribution in [3.63, 3.8) is 0 Å². The molecule has 1 rings (SSSR count). The van der Waals surface area contributed by atoms with Gasteiger partial charge in [0.1, 0.15) is 11.3 Å². The zero-order valence-corrected chi connectivity index (χ0v) is 8.16. The van der Waals surface area contributed by atoms with E-state index in [0.717, 1.165) is 0 Å². The molecule has 1 aromatic rings. The van der Waals surface area contributed by atoms with Gasteiger partial charge in [0.05, 0.1) is 12.9 Å². The molecule has 0 saturated heterocycles. The predicted octanol–water partition coefficient (Wildman–Crippen LogP) is 2.58. The molecule has 0 atom stereocenters. The van der Waals surface area contributed by atoms with Crippen LogP contribution < -0.4 is 0 Å². The molecule has 13 heavy (non-hydrogen) atoms. The predicted molar refractivity (Wildman–Crippen MR) is 48.8 cm³/mol. The van der Waals surface area contributed by atoms with E-state index in [9.17, 15) is 4.79 Å². The minimum absolute atomic E-state index is 0.203. The van der Waals surface area contributed by atoms with E-state index in [1.165, 1.54) is 6.26 Å². The van der Waals surface area contributed by atoms with E-state index in [0.29, 0.717) is 17.9 Å². The van der Waals surface area contributed by atoms with E-state index in [4.69, 9.17) is 9.15 Å². The van der Waals surface area contributed by atoms with Crippen molar-refractivity contribution in [1.82, 2.24) is 0 Å². The average molecular weight is 182 g/mol. The van der Waals surface area contributed by atoms with Gasteiger partial charge in [0, 0.05) is 5.92 Å². The Bertz CT molecular complexity index is 286. The van der Waals surface area contributed by atoms with Crippen LogP contribution in [-0.4, -0.2) is 12.6 Å². The number of ether oxygens (including phenoxy) is 1. The van der Waals surface area contributed by atoms with E-state index in [1.54, 1.807) is 13.0 Å². The van der Waals surface area contributed by atoms with Gasteiger partial charge in [-0.3, -0.25) is 0 Å². The highest BCUT2D eigenvalue weighted by atomic mass is 16.5. The van der Waals surface area contributed by atoms with Crippen molar-refractivity contribution in [2.45, 2.75) is 26.7 Å². The molecule has 0 saturated carbocycles. The normalized spacial score (nSPS) is 10.5. The van der Waals surface area contributed by atoms with Crippen LogP contribution in [0.1, 0.15) is 42.8 Å². The van der Waals surface area contributed by atoms with Crippen LogP contribution in [0.15, 0.2) is 16.7 Å². The highest BCUT2D eigenvalue weighted by Gasteiger charge is 2.17. The lowest BCUT2D eigenvalue weighted by molar-refractivity contribution is 0.0523. The van der Waals surface area contributed by atoms with Gasteiger partial charge in [-0.25, -0.2) is 4.79 Å². The second-order valence-electron chi connectivity index (χ2n) is 3.07. The van der Waals surface area contributed by atoms with Gasteiger partial charge in [-0.15, -0.1) is 0 Å². The maximum atomic E-state index is 11.3. The Hall–Kier alpha value is -1.25. The van der Waals surface area contributed by atoms with Gasteiger partial charge < -0.3 is 9.15 Å². The largest absolute Gasteiger partial charge is 0.468 e. The molecule has 72 valence electrons. The third-order valence-electron chi connectivity index (χ3n) is 1.71. The van der Waals surface area contributed by atoms with Crippen LogP contribution in [0.2, 0.25) is 0 Å². The maximum Gasteiger partial charge on any atom is 0.341 e. The third kappa shape index (κ3) is 2.11. The minimum Gasteiger partial charge on any atom is -0.468 e. The molecule has 0 amide bonds. The summed E-state index contributed by atoms with van der Waals surface area (Å²) in [4.78, 5) is 11.3. The summed E-state index contributed by atoms with van der Waals surface area (Å²) in [5.74, 6) is 0.591. The monoisotopic (exact) mass is 182 g/mol. The number of hydrogen-bond acceptors (Lipinski definition) is 3. The lowest BCUT2D eigenvalue weighted by Gasteiger charge is -2.04. The SMILES string of the molecule is CCOC(=O)c1ccoc1C(C)C. The molecule has 1 aromatic heterocycles. The minimum atomic E-state index is -0.306. The molecule has 0 aromatic carbocycles. The van der Waals surface area contributed by atoms with Gasteiger partial charge in [-0.2, -0.15) is 0 Å². The van der Waals surface area contributed by atoms with E-state index in [-0.39, 0.29) is 11.9 Å². The molecule has 0 fully saturated rings. The number of carbonyl (C=O) groups excluding carboxylic acids is 1. The van der Waals surface area contributed by atoms with Crippen LogP contribution in [0.4, 0.5) is 0 Å². The van der Waals surface area contributed by atoms with Crippen LogP contribution >= 0.6 is 0 Å². The summed E-state index contributed by atoms with van der Waals surface area (Å²) < 4.78 is 10.1. The maximum absolute atomic E-state index is 11.3. The summed E-state index contributed by atoms with van der Waals surface area (Å²) >= 11 is 0. The van der Waals surface area contributed by atoms with Gasteiger partial charge in [-0.05, 0) is 13.0 Å². The zero-order chi connectivity index (χ0) is 9.84. The van der Waals surface area contributed by atoms with Crippen molar-refractivity contribution in [3.8, 4) is 0 Å². The molecule has 0 aliphatic carbocycles. The first-order valence-electron chi connectivity index (χ1n) is 4.41. The van der Waals surface area contributed by atoms with Crippen LogP contribution in [0.25, 0.3) is 0 Å². The summed E-state index contributed by atoms with van der Waals surface area (Å²) in [6.07, 6.45) is 1.52. The summed E-state index contributed by atoms with van der Waals surface area (Å²) in [7, 11) is 0. The molecule has 0 bridgehead atoms. The molecule has 1 heterocycles. The molecule has 0 aliphatic heterocycles. The summed E-state index contributed by atoms with van der Waals surface area (Å²) in [6, 6.07) is 1.65. The fourth-order valence-corrected chi connectivity index (χ4v) is 1.15. The number of carbonyl (C=O) groups is 1. The highest BCUT2D eigenvalue weighted by Crippen LogP contribution is 2.20. The molecule has 0 unspecified atom stereocenters. The van der Waals surface area contributed by atoms with Gasteiger partial charge >= 0.3 is 5.97 Å². The Morgan fingerprint density at radius 1 is 1.62 bits per heavy atom. The van der Waals surface area contributed by atoms with E-state index < -0.39 is 0 Å². The lowest BCUT2D eigenvalue weighted by Crippen LogP contribution is -2.06. The van der Waals surface area contributed by atoms with Crippen molar-refractivity contribution in [2.24, 2.45) is 0 Å². The fraction of sp³-hybridized carbons (Fsp3) is 0.500. The van der Waals surface area contributed by atoms with Crippen LogP contribution in [0, 0.1) is 0 Å². The average Bonchev–Trinajstić information content (AvgIpc) is 2.52. The molecule has 3 heteroatoms. The second-order valence-corrected chi connectivity index (χ2v) is 3.07. The zero-order valence-electron chi connectivity index (χ0n) is 8.16. The summed E-state index contributed by atoms with van der Waals surface area (Å²) in [6.45, 7) is 6.12. The Morgan fingerprint density at radius 2 is 2.31 bits per heavy atom. The lowest BCUT2D eigenvalue weighted by atomic mass is 10.1. The molecule has 0 spiro atoms. The molecule has 0 radical (unpaired) electrons. The highest BCUT2D eigenvalue weighted by molar-refractivity contribution is 5.90. The molecule has 0 N–H and O–H groups in total. The Labute approximate surface area is 77.7 Å². The van der Waals surface area contributed by atoms with Crippen LogP contribution in [-0.2, 0) is 4.74 Å². The first-order chi connectivity index (χ1) is 6.16. The third-order valence-corrected chi connectivity index (χ3v) is 1.71. The Morgan fingerprint density at radius 3 is 2.85 bits per heavy atom. The van der Waals surface area contributed by atoms with Gasteiger partial charge in [0.25, 0.3) is 0 Å². The number of hydrogen-bond donors (Lipinski definition) is 0. The standard InChI is InChI=1S/C10H14O3/c1-4-12-10(11)8-5-6-13-9(8)7(2)3/h5-7H,4H2,1-3H3. The van der Waals surface area contributed by atoms with Crippen molar-refractivity contribution in [1.29, 1.82) is 0 Å². The van der Waals surface area contributed by atoms with E-state index >= 15 is 0 Å². The van der Waals surface area contributed by atoms with Crippen LogP contribution in [0.3, 0.4) is 0 Å². The molecule has 3 nitrogen and oxygen atoms in total. The number of esters is 1. The van der Waals surface area contributed by atoms with Crippen molar-refractivity contribution >= 4 is 5.97 Å². The summed E-state index contributed by atoms with van der Waals surface area (Å²) in [5, 5.41) is 0. The Balaban J connectivity index is 2.87. The van der Waals surface area contributed by atoms with E-state index in [1.807, 2.05) is 13.8 Å². The quantitative estimate of drug-likeness (QED) is 0.674. The molecular weight excluding hydrogens is 168 g/mol. The van der Waals surface area contributed by atoms with E-state index in [2.05, 4.69) is 0 Å². The van der Waals surface area contributed by atoms with Gasteiger partial charge in [0.2, 0.25) is 0 Å². The fourth-order valence-electron chi connectivity index (χ4n) is 1.15. The van der Waals surface area contributed by atoms with Crippen LogP contribution in [0.5, 0.6) is 0 Å². The molecular formula is C10H14O3. The number of rotatable bonds is 3. The molecule has 0 aliphatic rings. The smallest absolute Gasteiger partial charge is 0.341 e. The first kappa shape index (κ1) is 9.84. The Kier molecular flexibility index (Phi) is 3.12. The van der Waals surface area contributed by atoms with Gasteiger partial charge in [0.15, 0.2) is 0 Å². The summed E-state index contributed by atoms with van der Waals surface area (Å²) in [5.41, 5.74) is 0.539. The van der Waals surface area contributed by atoms with Crippen molar-refractivity contribution in [3.05, 3.63) is 23.7 Å². The van der Waals surface area contributed by atoms with Gasteiger partial charge in [-0.1, -0.05) is 13.8 Å². The second kappa shape index (κ2) is 4.12. The number of furan rings is 1.